The van der Waals surface area contributed by atoms with Crippen LogP contribution in [-0.4, -0.2) is 10.9 Å². The highest BCUT2D eigenvalue weighted by molar-refractivity contribution is 6.31. The summed E-state index contributed by atoms with van der Waals surface area (Å²) >= 11 is 5.96. The number of carbonyl (C=O) groups is 1. The van der Waals surface area contributed by atoms with E-state index in [1.165, 1.54) is 12.7 Å². The molecule has 0 unspecified atom stereocenters. The van der Waals surface area contributed by atoms with Gasteiger partial charge in [0.1, 0.15) is 6.26 Å². The number of hydrogen-bond donors (Lipinski definition) is 1. The molecule has 0 saturated heterocycles. The predicted molar refractivity (Wildman–Crippen MR) is 65.0 cm³/mol. The molecule has 5 heteroatoms. The van der Waals surface area contributed by atoms with Crippen molar-refractivity contribution in [3.8, 4) is 0 Å². The lowest BCUT2D eigenvalue weighted by Crippen LogP contribution is -2.14. The fourth-order valence-electron chi connectivity index (χ4n) is 1.37. The minimum Gasteiger partial charge on any atom is -0.451 e. The van der Waals surface area contributed by atoms with Crippen LogP contribution in [0.1, 0.15) is 11.3 Å². The molecule has 0 aliphatic heterocycles. The highest BCUT2D eigenvalue weighted by atomic mass is 35.5. The molecule has 1 amide bonds. The van der Waals surface area contributed by atoms with Crippen LogP contribution in [-0.2, 0) is 11.2 Å². The maximum absolute atomic E-state index is 11.6. The largest absolute Gasteiger partial charge is 0.451 e. The maximum Gasteiger partial charge on any atom is 0.230 e. The van der Waals surface area contributed by atoms with Gasteiger partial charge in [-0.2, -0.15) is 0 Å². The highest BCUT2D eigenvalue weighted by Gasteiger charge is 2.07. The molecule has 1 aromatic heterocycles. The van der Waals surface area contributed by atoms with Crippen molar-refractivity contribution in [3.63, 3.8) is 0 Å². The minimum atomic E-state index is -0.154. The van der Waals surface area contributed by atoms with Gasteiger partial charge in [0.15, 0.2) is 6.39 Å². The van der Waals surface area contributed by atoms with Crippen molar-refractivity contribution in [2.24, 2.45) is 0 Å². The first-order valence-corrected chi connectivity index (χ1v) is 5.46. The van der Waals surface area contributed by atoms with E-state index in [9.17, 15) is 4.79 Å². The van der Waals surface area contributed by atoms with Gasteiger partial charge in [0.05, 0.1) is 12.1 Å². The first kappa shape index (κ1) is 11.7. The maximum atomic E-state index is 11.6. The molecule has 88 valence electrons. The highest BCUT2D eigenvalue weighted by Crippen LogP contribution is 2.19. The molecule has 0 aliphatic carbocycles. The molecule has 0 saturated carbocycles. The van der Waals surface area contributed by atoms with Gasteiger partial charge >= 0.3 is 0 Å². The number of oxazole rings is 1. The van der Waals surface area contributed by atoms with E-state index in [4.69, 9.17) is 16.0 Å². The first-order valence-electron chi connectivity index (χ1n) is 5.08. The normalized spacial score (nSPS) is 10.2. The molecule has 1 aromatic carbocycles. The molecule has 0 aliphatic rings. The molecule has 0 spiro atoms. The van der Waals surface area contributed by atoms with Crippen LogP contribution in [0.4, 0.5) is 5.69 Å². The topological polar surface area (TPSA) is 55.1 Å². The summed E-state index contributed by atoms with van der Waals surface area (Å²) in [6.45, 7) is 1.91. The number of nitrogens with zero attached hydrogens (tertiary/aromatic N) is 1. The lowest BCUT2D eigenvalue weighted by molar-refractivity contribution is -0.115. The average Bonchev–Trinajstić information content (AvgIpc) is 2.76. The molecule has 4 nitrogen and oxygen atoms in total. The Morgan fingerprint density at radius 3 is 3.00 bits per heavy atom. The number of benzene rings is 1. The number of anilines is 1. The van der Waals surface area contributed by atoms with E-state index in [0.29, 0.717) is 16.4 Å². The zero-order chi connectivity index (χ0) is 12.3. The van der Waals surface area contributed by atoms with Crippen molar-refractivity contribution in [1.82, 2.24) is 4.98 Å². The Kier molecular flexibility index (Phi) is 3.44. The number of aromatic nitrogens is 1. The van der Waals surface area contributed by atoms with Crippen molar-refractivity contribution < 1.29 is 9.21 Å². The first-order chi connectivity index (χ1) is 8.15. The number of amides is 1. The fourth-order valence-corrected chi connectivity index (χ4v) is 1.55. The SMILES string of the molecule is Cc1ccc(NC(=O)Cc2cocn2)cc1Cl. The van der Waals surface area contributed by atoms with Crippen LogP contribution in [0.5, 0.6) is 0 Å². The third kappa shape index (κ3) is 3.07. The quantitative estimate of drug-likeness (QED) is 0.911. The molecule has 2 rings (SSSR count). The van der Waals surface area contributed by atoms with Crippen molar-refractivity contribution in [2.75, 3.05) is 5.32 Å². The molecular formula is C12H11ClN2O2. The lowest BCUT2D eigenvalue weighted by Gasteiger charge is -2.05. The van der Waals surface area contributed by atoms with Gasteiger partial charge in [-0.25, -0.2) is 4.98 Å². The Hall–Kier alpha value is -1.81. The Labute approximate surface area is 104 Å². The second-order valence-corrected chi connectivity index (χ2v) is 4.08. The zero-order valence-corrected chi connectivity index (χ0v) is 9.99. The van der Waals surface area contributed by atoms with Gasteiger partial charge in [-0.3, -0.25) is 4.79 Å². The van der Waals surface area contributed by atoms with Crippen molar-refractivity contribution in [1.29, 1.82) is 0 Å². The smallest absolute Gasteiger partial charge is 0.230 e. The number of carbonyl (C=O) groups excluding carboxylic acids is 1. The number of hydrogen-bond acceptors (Lipinski definition) is 3. The Bertz CT molecular complexity index is 523. The summed E-state index contributed by atoms with van der Waals surface area (Å²) in [6, 6.07) is 5.38. The Morgan fingerprint density at radius 2 is 2.35 bits per heavy atom. The summed E-state index contributed by atoms with van der Waals surface area (Å²) in [6.07, 6.45) is 2.93. The number of halogens is 1. The Balaban J connectivity index is 2.00. The van der Waals surface area contributed by atoms with Crippen LogP contribution in [0.25, 0.3) is 0 Å². The van der Waals surface area contributed by atoms with Crippen LogP contribution in [0.3, 0.4) is 0 Å². The van der Waals surface area contributed by atoms with Gasteiger partial charge < -0.3 is 9.73 Å². The predicted octanol–water partition coefficient (Wildman–Crippen LogP) is 2.82. The third-order valence-electron chi connectivity index (χ3n) is 2.28. The number of rotatable bonds is 3. The molecule has 17 heavy (non-hydrogen) atoms. The van der Waals surface area contributed by atoms with Crippen LogP contribution in [0.2, 0.25) is 5.02 Å². The van der Waals surface area contributed by atoms with Gasteiger partial charge in [0, 0.05) is 10.7 Å². The third-order valence-corrected chi connectivity index (χ3v) is 2.69. The average molecular weight is 251 g/mol. The molecular weight excluding hydrogens is 240 g/mol. The molecule has 0 atom stereocenters. The second-order valence-electron chi connectivity index (χ2n) is 3.67. The zero-order valence-electron chi connectivity index (χ0n) is 9.24. The molecule has 1 heterocycles. The van der Waals surface area contributed by atoms with Crippen LogP contribution in [0, 0.1) is 6.92 Å². The summed E-state index contributed by atoms with van der Waals surface area (Å²) in [5, 5.41) is 3.37. The Morgan fingerprint density at radius 1 is 1.53 bits per heavy atom. The summed E-state index contributed by atoms with van der Waals surface area (Å²) in [5.74, 6) is -0.154. The second kappa shape index (κ2) is 5.01. The van der Waals surface area contributed by atoms with Gasteiger partial charge in [0.2, 0.25) is 5.91 Å². The van der Waals surface area contributed by atoms with Crippen molar-refractivity contribution in [2.45, 2.75) is 13.3 Å². The van der Waals surface area contributed by atoms with Crippen molar-refractivity contribution >= 4 is 23.2 Å². The summed E-state index contributed by atoms with van der Waals surface area (Å²) < 4.78 is 4.79. The summed E-state index contributed by atoms with van der Waals surface area (Å²) in [4.78, 5) is 15.5. The molecule has 0 bridgehead atoms. The molecule has 0 radical (unpaired) electrons. The van der Waals surface area contributed by atoms with Crippen LogP contribution < -0.4 is 5.32 Å². The van der Waals surface area contributed by atoms with E-state index in [1.807, 2.05) is 19.1 Å². The number of nitrogens with one attached hydrogen (secondary N) is 1. The van der Waals surface area contributed by atoms with Gasteiger partial charge in [-0.15, -0.1) is 0 Å². The number of aryl methyl sites for hydroxylation is 1. The van der Waals surface area contributed by atoms with E-state index in [2.05, 4.69) is 10.3 Å². The molecule has 1 N–H and O–H groups in total. The molecule has 0 fully saturated rings. The monoisotopic (exact) mass is 250 g/mol. The van der Waals surface area contributed by atoms with Crippen LogP contribution in [0.15, 0.2) is 35.3 Å². The lowest BCUT2D eigenvalue weighted by atomic mass is 10.2. The summed E-state index contributed by atoms with van der Waals surface area (Å²) in [7, 11) is 0. The van der Waals surface area contributed by atoms with Crippen molar-refractivity contribution in [3.05, 3.63) is 47.1 Å². The van der Waals surface area contributed by atoms with E-state index >= 15 is 0 Å². The summed E-state index contributed by atoms with van der Waals surface area (Å²) in [5.41, 5.74) is 2.25. The van der Waals surface area contributed by atoms with Gasteiger partial charge in [-0.1, -0.05) is 17.7 Å². The van der Waals surface area contributed by atoms with E-state index < -0.39 is 0 Å². The van der Waals surface area contributed by atoms with E-state index in [0.717, 1.165) is 5.56 Å². The molecule has 2 aromatic rings. The fraction of sp³-hybridized carbons (Fsp3) is 0.167. The van der Waals surface area contributed by atoms with E-state index in [1.54, 1.807) is 6.07 Å². The van der Waals surface area contributed by atoms with E-state index in [-0.39, 0.29) is 12.3 Å². The standard InChI is InChI=1S/C12H11ClN2O2/c1-8-2-3-9(4-11(8)13)15-12(16)5-10-6-17-7-14-10/h2-4,6-7H,5H2,1H3,(H,15,16). The van der Waals surface area contributed by atoms with Gasteiger partial charge in [-0.05, 0) is 24.6 Å². The van der Waals surface area contributed by atoms with Gasteiger partial charge in [0.25, 0.3) is 0 Å². The van der Waals surface area contributed by atoms with Crippen LogP contribution >= 0.6 is 11.6 Å². The minimum absolute atomic E-state index is 0.154.